The lowest BCUT2D eigenvalue weighted by atomic mass is 9.46. The second-order valence-corrected chi connectivity index (χ2v) is 18.7. The fraction of sp³-hybridized carbons (Fsp3) is 0.854. The van der Waals surface area contributed by atoms with Crippen LogP contribution in [-0.4, -0.2) is 94.1 Å². The molecule has 4 fully saturated rings. The van der Waals surface area contributed by atoms with Gasteiger partial charge < -0.3 is 24.5 Å². The number of hydroxylamine groups is 4. The Morgan fingerprint density at radius 3 is 1.63 bits per heavy atom. The lowest BCUT2D eigenvalue weighted by molar-refractivity contribution is -0.324. The molecule has 8 atom stereocenters. The molecule has 4 saturated heterocycles. The van der Waals surface area contributed by atoms with Crippen LogP contribution < -0.4 is 0 Å². The van der Waals surface area contributed by atoms with Crippen LogP contribution in [-0.2, 0) is 52.9 Å². The molecule has 4 bridgehead atoms. The van der Waals surface area contributed by atoms with E-state index in [1.54, 1.807) is 4.90 Å². The number of ketones is 2. The van der Waals surface area contributed by atoms with E-state index in [9.17, 15) is 29.1 Å². The summed E-state index contributed by atoms with van der Waals surface area (Å²) in [5.74, 6) is -9.08. The Morgan fingerprint density at radius 2 is 1.06 bits per heavy atom. The average Bonchev–Trinajstić information content (AvgIpc) is 3.51. The number of hydrogen-bond donors (Lipinski definition) is 1. The number of unbranched alkanes of at least 4 members (excludes halogenated alkanes) is 19. The van der Waals surface area contributed by atoms with Crippen molar-refractivity contribution in [2.45, 2.75) is 213 Å². The van der Waals surface area contributed by atoms with Gasteiger partial charge in [0.2, 0.25) is 0 Å². The van der Waals surface area contributed by atoms with Crippen LogP contribution in [0.4, 0.5) is 0 Å². The van der Waals surface area contributed by atoms with Gasteiger partial charge in [-0.1, -0.05) is 162 Å². The minimum Gasteiger partial charge on any atom is -0.481 e. The number of carboxylic acids is 1. The first kappa shape index (κ1) is 52.2. The van der Waals surface area contributed by atoms with Crippen LogP contribution in [0.3, 0.4) is 0 Å². The molecule has 0 aromatic carbocycles. The van der Waals surface area contributed by atoms with E-state index in [1.165, 1.54) is 0 Å². The number of Topliss-reactive ketones (excluding diaryl/α,β-unsaturated/α-hetero) is 2. The van der Waals surface area contributed by atoms with Crippen molar-refractivity contribution < 1.29 is 58.0 Å². The summed E-state index contributed by atoms with van der Waals surface area (Å²) in [6, 6.07) is -1.12. The molecule has 4 aliphatic heterocycles. The zero-order chi connectivity index (χ0) is 45.7. The third kappa shape index (κ3) is 14.8. The number of carbonyl (C=O) groups is 7. The summed E-state index contributed by atoms with van der Waals surface area (Å²) >= 11 is 0. The summed E-state index contributed by atoms with van der Waals surface area (Å²) in [7, 11) is 0. The van der Waals surface area contributed by atoms with Crippen LogP contribution in [0.2, 0.25) is 0 Å². The van der Waals surface area contributed by atoms with Gasteiger partial charge in [0.15, 0.2) is 11.6 Å². The van der Waals surface area contributed by atoms with Crippen molar-refractivity contribution in [2.75, 3.05) is 26.2 Å². The van der Waals surface area contributed by atoms with Crippen LogP contribution in [0.25, 0.3) is 0 Å². The highest BCUT2D eigenvalue weighted by Crippen LogP contribution is 2.60. The van der Waals surface area contributed by atoms with Crippen molar-refractivity contribution in [3.63, 3.8) is 0 Å². The number of nitrogens with zero attached hydrogens (tertiary/aromatic N) is 3. The Bertz CT molecular complexity index is 1510. The summed E-state index contributed by atoms with van der Waals surface area (Å²) < 4.78 is 0. The van der Waals surface area contributed by atoms with Gasteiger partial charge >= 0.3 is 29.8 Å². The second kappa shape index (κ2) is 27.1. The van der Waals surface area contributed by atoms with E-state index in [0.717, 1.165) is 126 Å². The summed E-state index contributed by atoms with van der Waals surface area (Å²) in [6.45, 7) is 5.89. The normalized spacial score (nSPS) is 28.2. The minimum atomic E-state index is -2.48. The number of carboxylic acid groups (broad SMARTS) is 1. The Morgan fingerprint density at radius 1 is 0.587 bits per heavy atom. The predicted molar refractivity (Wildman–Crippen MR) is 234 cm³/mol. The molecule has 63 heavy (non-hydrogen) atoms. The maximum atomic E-state index is 16.4. The molecular formula is C48H79N3O12. The highest BCUT2D eigenvalue weighted by atomic mass is 17.0. The maximum absolute atomic E-state index is 16.4. The molecule has 8 unspecified atom stereocenters. The van der Waals surface area contributed by atoms with Crippen LogP contribution in [0.5, 0.6) is 0 Å². The zero-order valence-corrected chi connectivity index (χ0v) is 38.8. The molecular weight excluding hydrogens is 811 g/mol. The van der Waals surface area contributed by atoms with Gasteiger partial charge in [-0.3, -0.25) is 33.7 Å². The smallest absolute Gasteiger partial charge is 0.343 e. The third-order valence-corrected chi connectivity index (χ3v) is 14.2. The van der Waals surface area contributed by atoms with Crippen LogP contribution in [0.15, 0.2) is 0 Å². The monoisotopic (exact) mass is 890 g/mol. The molecule has 0 amide bonds. The molecule has 4 rings (SSSR count). The van der Waals surface area contributed by atoms with Crippen molar-refractivity contribution in [2.24, 2.45) is 22.7 Å². The first-order valence-electron chi connectivity index (χ1n) is 24.9. The molecule has 15 nitrogen and oxygen atoms in total. The lowest BCUT2D eigenvalue weighted by Crippen LogP contribution is -2.65. The van der Waals surface area contributed by atoms with E-state index in [1.807, 2.05) is 0 Å². The fourth-order valence-electron chi connectivity index (χ4n) is 10.7. The van der Waals surface area contributed by atoms with E-state index < -0.39 is 83.0 Å². The number of carbonyl (C=O) groups excluding carboxylic acids is 6. The van der Waals surface area contributed by atoms with E-state index in [0.29, 0.717) is 32.1 Å². The van der Waals surface area contributed by atoms with E-state index in [-0.39, 0.29) is 51.9 Å². The lowest BCUT2D eigenvalue weighted by Gasteiger charge is -2.54. The molecule has 1 N–H and O–H groups in total. The highest BCUT2D eigenvalue weighted by molar-refractivity contribution is 6.17. The van der Waals surface area contributed by atoms with Crippen molar-refractivity contribution in [1.82, 2.24) is 15.4 Å². The number of aliphatic carboxylic acids is 1. The van der Waals surface area contributed by atoms with Crippen LogP contribution in [0.1, 0.15) is 207 Å². The van der Waals surface area contributed by atoms with Gasteiger partial charge in [-0.05, 0) is 31.6 Å². The molecule has 0 spiro atoms. The molecule has 0 aromatic heterocycles. The summed E-state index contributed by atoms with van der Waals surface area (Å²) in [5.41, 5.74) is -4.25. The molecule has 4 aliphatic rings. The van der Waals surface area contributed by atoms with Crippen molar-refractivity contribution in [1.29, 1.82) is 0 Å². The van der Waals surface area contributed by atoms with Gasteiger partial charge in [0, 0.05) is 22.4 Å². The molecule has 358 valence electrons. The number of fused-ring (bicyclic) bond motifs is 6. The second-order valence-electron chi connectivity index (χ2n) is 18.7. The van der Waals surface area contributed by atoms with Gasteiger partial charge in [-0.15, -0.1) is 0 Å². The topological polar surface area (TPSA) is 186 Å². The predicted octanol–water partition coefficient (Wildman–Crippen LogP) is 8.95. The van der Waals surface area contributed by atoms with Crippen LogP contribution in [0, 0.1) is 22.7 Å². The molecule has 15 heteroatoms. The Kier molecular flexibility index (Phi) is 22.5. The van der Waals surface area contributed by atoms with E-state index >= 15 is 9.59 Å². The number of hydrogen-bond acceptors (Lipinski definition) is 14. The summed E-state index contributed by atoms with van der Waals surface area (Å²) in [5, 5.41) is 12.6. The van der Waals surface area contributed by atoms with Crippen molar-refractivity contribution in [3.8, 4) is 0 Å². The van der Waals surface area contributed by atoms with Gasteiger partial charge in [0.05, 0.1) is 44.9 Å². The SMILES string of the molecule is CCCCCCCCCCC(C(=O)O)C(=O)C1(C23CCN(OC(=O)CC2CCCCCCCC)OC(=O)C3)CC(=O)ON2CCN(CC(=O)O2)C(CCCCCCCCCC)C1=O. The highest BCUT2D eigenvalue weighted by Gasteiger charge is 2.69. The molecule has 4 heterocycles. The largest absolute Gasteiger partial charge is 0.481 e. The van der Waals surface area contributed by atoms with Gasteiger partial charge in [0.1, 0.15) is 11.3 Å². The number of rotatable bonds is 29. The van der Waals surface area contributed by atoms with E-state index in [2.05, 4.69) is 20.8 Å². The summed E-state index contributed by atoms with van der Waals surface area (Å²) in [6.07, 6.45) is 19.2. The standard InChI is InChI=1S/C48H79N3O12/c1-4-7-10-13-16-18-21-24-27-38(46(58)59)44(56)48(47-29-30-50(61-41(53)34-47)60-40(52)33-37(47)26-23-20-15-12-9-6-3)35-42(54)62-51-32-31-49(36-43(55)63-51)39(45(48)57)28-25-22-19-17-14-11-8-5-2/h37-39H,4-36H2,1-3H3,(H,58,59). The molecule has 0 radical (unpaired) electrons. The minimum absolute atomic E-state index is 0.0608. The third-order valence-electron chi connectivity index (χ3n) is 14.2. The fourth-order valence-corrected chi connectivity index (χ4v) is 10.7. The van der Waals surface area contributed by atoms with Crippen molar-refractivity contribution >= 4 is 41.4 Å². The Balaban J connectivity index is 1.89. The molecule has 0 saturated carbocycles. The van der Waals surface area contributed by atoms with E-state index in [4.69, 9.17) is 19.4 Å². The maximum Gasteiger partial charge on any atom is 0.343 e. The average molecular weight is 890 g/mol. The Hall–Kier alpha value is -3.43. The molecule has 0 aliphatic carbocycles. The zero-order valence-electron chi connectivity index (χ0n) is 38.8. The molecule has 0 aromatic rings. The Labute approximate surface area is 375 Å². The first-order valence-corrected chi connectivity index (χ1v) is 24.9. The van der Waals surface area contributed by atoms with Crippen LogP contribution >= 0.6 is 0 Å². The summed E-state index contributed by atoms with van der Waals surface area (Å²) in [4.78, 5) is 125. The van der Waals surface area contributed by atoms with Crippen molar-refractivity contribution in [3.05, 3.63) is 0 Å². The first-order chi connectivity index (χ1) is 30.4. The van der Waals surface area contributed by atoms with Gasteiger partial charge in [0.25, 0.3) is 0 Å². The quantitative estimate of drug-likeness (QED) is 0.0554. The van der Waals surface area contributed by atoms with Gasteiger partial charge in [-0.2, -0.15) is 0 Å². The van der Waals surface area contributed by atoms with Gasteiger partial charge in [-0.25, -0.2) is 4.79 Å².